The second-order valence-corrected chi connectivity index (χ2v) is 7.23. The molecule has 0 aliphatic carbocycles. The van der Waals surface area contributed by atoms with Gasteiger partial charge in [-0.05, 0) is 51.1 Å². The van der Waals surface area contributed by atoms with Crippen molar-refractivity contribution in [2.45, 2.75) is 39.8 Å². The lowest BCUT2D eigenvalue weighted by atomic mass is 10.1. The highest BCUT2D eigenvalue weighted by molar-refractivity contribution is 5.99. The summed E-state index contributed by atoms with van der Waals surface area (Å²) < 4.78 is 22.7. The molecule has 0 saturated heterocycles. The maximum Gasteiger partial charge on any atom is 0.287 e. The predicted octanol–water partition coefficient (Wildman–Crippen LogP) is 4.40. The average molecular weight is 395 g/mol. The first kappa shape index (κ1) is 19.2. The van der Waals surface area contributed by atoms with Gasteiger partial charge in [0.15, 0.2) is 5.76 Å². The SMILES string of the molecule is CCOc1cc2c(cc1CNC(=O)c1oc3ccc(OC)cc3c1C)O[C@H](C)C2. The molecule has 0 bridgehead atoms. The lowest BCUT2D eigenvalue weighted by Crippen LogP contribution is -2.23. The Morgan fingerprint density at radius 2 is 2.10 bits per heavy atom. The van der Waals surface area contributed by atoms with Crippen molar-refractivity contribution in [3.8, 4) is 17.2 Å². The van der Waals surface area contributed by atoms with Gasteiger partial charge >= 0.3 is 0 Å². The van der Waals surface area contributed by atoms with Crippen molar-refractivity contribution in [3.05, 3.63) is 52.8 Å². The van der Waals surface area contributed by atoms with Crippen molar-refractivity contribution < 1.29 is 23.4 Å². The number of hydrogen-bond acceptors (Lipinski definition) is 5. The summed E-state index contributed by atoms with van der Waals surface area (Å²) in [5.74, 6) is 2.39. The molecule has 1 amide bonds. The minimum Gasteiger partial charge on any atom is -0.497 e. The number of amides is 1. The van der Waals surface area contributed by atoms with Crippen LogP contribution in [0, 0.1) is 6.92 Å². The molecule has 29 heavy (non-hydrogen) atoms. The molecule has 0 fully saturated rings. The Kier molecular flexibility index (Phi) is 5.09. The summed E-state index contributed by atoms with van der Waals surface area (Å²) in [7, 11) is 1.61. The van der Waals surface area contributed by atoms with Gasteiger partial charge in [-0.3, -0.25) is 4.79 Å². The number of nitrogens with one attached hydrogen (secondary N) is 1. The molecule has 1 aliphatic heterocycles. The van der Waals surface area contributed by atoms with Gasteiger partial charge in [-0.15, -0.1) is 0 Å². The fraction of sp³-hybridized carbons (Fsp3) is 0.348. The predicted molar refractivity (Wildman–Crippen MR) is 110 cm³/mol. The maximum absolute atomic E-state index is 12.8. The van der Waals surface area contributed by atoms with Crippen LogP contribution in [0.4, 0.5) is 0 Å². The molecule has 1 aliphatic rings. The van der Waals surface area contributed by atoms with Crippen LogP contribution in [0.1, 0.15) is 41.1 Å². The molecule has 0 spiro atoms. The summed E-state index contributed by atoms with van der Waals surface area (Å²) in [6, 6.07) is 9.47. The van der Waals surface area contributed by atoms with Crippen molar-refractivity contribution in [2.75, 3.05) is 13.7 Å². The molecule has 1 aromatic heterocycles. The number of carbonyl (C=O) groups excluding carboxylic acids is 1. The van der Waals surface area contributed by atoms with E-state index in [1.807, 2.05) is 51.1 Å². The third-order valence-electron chi connectivity index (χ3n) is 5.17. The smallest absolute Gasteiger partial charge is 0.287 e. The van der Waals surface area contributed by atoms with Gasteiger partial charge in [0.05, 0.1) is 13.7 Å². The number of benzene rings is 2. The monoisotopic (exact) mass is 395 g/mol. The van der Waals surface area contributed by atoms with Crippen LogP contribution in [0.3, 0.4) is 0 Å². The Morgan fingerprint density at radius 1 is 1.28 bits per heavy atom. The van der Waals surface area contributed by atoms with Crippen molar-refractivity contribution in [1.82, 2.24) is 5.32 Å². The maximum atomic E-state index is 12.8. The van der Waals surface area contributed by atoms with E-state index in [0.717, 1.165) is 45.7 Å². The molecule has 6 nitrogen and oxygen atoms in total. The average Bonchev–Trinajstić information content (AvgIpc) is 3.24. The molecule has 152 valence electrons. The van der Waals surface area contributed by atoms with Crippen LogP contribution in [0.25, 0.3) is 11.0 Å². The van der Waals surface area contributed by atoms with Crippen molar-refractivity contribution in [1.29, 1.82) is 0 Å². The molecule has 6 heteroatoms. The number of ether oxygens (including phenoxy) is 3. The van der Waals surface area contributed by atoms with Gasteiger partial charge in [0.25, 0.3) is 5.91 Å². The van der Waals surface area contributed by atoms with Gasteiger partial charge in [-0.1, -0.05) is 0 Å². The largest absolute Gasteiger partial charge is 0.497 e. The van der Waals surface area contributed by atoms with Crippen LogP contribution < -0.4 is 19.5 Å². The summed E-state index contributed by atoms with van der Waals surface area (Å²) in [6.45, 7) is 6.73. The van der Waals surface area contributed by atoms with E-state index in [2.05, 4.69) is 5.32 Å². The zero-order valence-corrected chi connectivity index (χ0v) is 17.1. The summed E-state index contributed by atoms with van der Waals surface area (Å²) in [4.78, 5) is 12.8. The first-order chi connectivity index (χ1) is 14.0. The highest BCUT2D eigenvalue weighted by Gasteiger charge is 2.23. The fourth-order valence-electron chi connectivity index (χ4n) is 3.71. The molecule has 2 aromatic carbocycles. The summed E-state index contributed by atoms with van der Waals surface area (Å²) in [5.41, 5.74) is 3.46. The number of fused-ring (bicyclic) bond motifs is 2. The Balaban J connectivity index is 1.56. The van der Waals surface area contributed by atoms with Crippen molar-refractivity contribution >= 4 is 16.9 Å². The number of aryl methyl sites for hydroxylation is 1. The Morgan fingerprint density at radius 3 is 2.86 bits per heavy atom. The molecule has 1 atom stereocenters. The van der Waals surface area contributed by atoms with E-state index in [1.165, 1.54) is 0 Å². The third-order valence-corrected chi connectivity index (χ3v) is 5.17. The normalized spacial score (nSPS) is 15.1. The molecule has 0 saturated carbocycles. The minimum atomic E-state index is -0.269. The van der Waals surface area contributed by atoms with Crippen LogP contribution >= 0.6 is 0 Å². The second-order valence-electron chi connectivity index (χ2n) is 7.23. The molecule has 4 rings (SSSR count). The zero-order valence-electron chi connectivity index (χ0n) is 17.1. The fourth-order valence-corrected chi connectivity index (χ4v) is 3.71. The zero-order chi connectivity index (χ0) is 20.5. The van der Waals surface area contributed by atoms with Crippen LogP contribution in [0.2, 0.25) is 0 Å². The van der Waals surface area contributed by atoms with Gasteiger partial charge in [0, 0.05) is 35.0 Å². The number of furan rings is 1. The molecule has 3 aromatic rings. The van der Waals surface area contributed by atoms with E-state index in [9.17, 15) is 4.79 Å². The van der Waals surface area contributed by atoms with Crippen LogP contribution in [-0.4, -0.2) is 25.7 Å². The molecule has 0 unspecified atom stereocenters. The number of methoxy groups -OCH3 is 1. The van der Waals surface area contributed by atoms with E-state index in [-0.39, 0.29) is 12.0 Å². The third kappa shape index (κ3) is 3.62. The number of carbonyl (C=O) groups is 1. The topological polar surface area (TPSA) is 69.9 Å². The van der Waals surface area contributed by atoms with E-state index >= 15 is 0 Å². The molecular formula is C23H25NO5. The van der Waals surface area contributed by atoms with Crippen molar-refractivity contribution in [2.24, 2.45) is 0 Å². The standard InChI is InChI=1S/C23H25NO5/c1-5-27-20-9-15-8-13(2)28-21(15)10-16(20)12-24-23(25)22-14(3)18-11-17(26-4)6-7-19(18)29-22/h6-7,9-11,13H,5,8,12H2,1-4H3,(H,24,25)/t13-/m1/s1. The first-order valence-corrected chi connectivity index (χ1v) is 9.80. The van der Waals surface area contributed by atoms with Gasteiger partial charge in [-0.2, -0.15) is 0 Å². The van der Waals surface area contributed by atoms with E-state index in [0.29, 0.717) is 24.5 Å². The molecule has 1 N–H and O–H groups in total. The quantitative estimate of drug-likeness (QED) is 0.670. The van der Waals surface area contributed by atoms with Crippen LogP contribution in [0.15, 0.2) is 34.7 Å². The van der Waals surface area contributed by atoms with Crippen LogP contribution in [0.5, 0.6) is 17.2 Å². The minimum absolute atomic E-state index is 0.152. The highest BCUT2D eigenvalue weighted by Crippen LogP contribution is 2.35. The van der Waals surface area contributed by atoms with E-state index in [4.69, 9.17) is 18.6 Å². The van der Waals surface area contributed by atoms with Gasteiger partial charge in [0.1, 0.15) is 28.9 Å². The van der Waals surface area contributed by atoms with Crippen LogP contribution in [-0.2, 0) is 13.0 Å². The van der Waals surface area contributed by atoms with Gasteiger partial charge < -0.3 is 23.9 Å². The highest BCUT2D eigenvalue weighted by atomic mass is 16.5. The lowest BCUT2D eigenvalue weighted by Gasteiger charge is -2.13. The first-order valence-electron chi connectivity index (χ1n) is 9.80. The molecule has 2 heterocycles. The van der Waals surface area contributed by atoms with Gasteiger partial charge in [-0.25, -0.2) is 0 Å². The summed E-state index contributed by atoms with van der Waals surface area (Å²) in [6.07, 6.45) is 1.02. The summed E-state index contributed by atoms with van der Waals surface area (Å²) in [5, 5.41) is 3.81. The molecule has 0 radical (unpaired) electrons. The van der Waals surface area contributed by atoms with E-state index < -0.39 is 0 Å². The Labute approximate surface area is 169 Å². The number of rotatable bonds is 6. The van der Waals surface area contributed by atoms with Gasteiger partial charge in [0.2, 0.25) is 0 Å². The number of hydrogen-bond donors (Lipinski definition) is 1. The second kappa shape index (κ2) is 7.70. The Bertz CT molecular complexity index is 1070. The van der Waals surface area contributed by atoms with E-state index in [1.54, 1.807) is 7.11 Å². The summed E-state index contributed by atoms with van der Waals surface area (Å²) >= 11 is 0. The molecular weight excluding hydrogens is 370 g/mol. The Hall–Kier alpha value is -3.15. The van der Waals surface area contributed by atoms with Crippen molar-refractivity contribution in [3.63, 3.8) is 0 Å². The lowest BCUT2D eigenvalue weighted by molar-refractivity contribution is 0.0924.